The SMILES string of the molecule is CS(Br)(Br)Br. The highest BCUT2D eigenvalue weighted by molar-refractivity contribution is 10.2. The molecule has 0 aromatic rings. The maximum absolute atomic E-state index is 3.29. The van der Waals surface area contributed by atoms with Gasteiger partial charge in [-0.1, -0.05) is 5.33 Å². The molecule has 0 aromatic heterocycles. The first-order chi connectivity index (χ1) is 2.00. The van der Waals surface area contributed by atoms with Crippen molar-refractivity contribution < 1.29 is 0 Å². The quantitative estimate of drug-likeness (QED) is 0.641. The van der Waals surface area contributed by atoms with E-state index in [-0.39, 0.29) is 0 Å². The van der Waals surface area contributed by atoms with Crippen molar-refractivity contribution in [2.24, 2.45) is 0 Å². The van der Waals surface area contributed by atoms with E-state index < -0.39 is 5.33 Å². The van der Waals surface area contributed by atoms with Gasteiger partial charge in [0.2, 0.25) is 0 Å². The summed E-state index contributed by atoms with van der Waals surface area (Å²) in [6.07, 6.45) is 2.02. The Bertz CT molecular complexity index is 22.4. The summed E-state index contributed by atoms with van der Waals surface area (Å²) in [4.78, 5) is 0. The maximum atomic E-state index is 3.29. The third-order valence-corrected chi connectivity index (χ3v) is 0. The Morgan fingerprint density at radius 3 is 1.20 bits per heavy atom. The standard InChI is InChI=1S/CH3Br3S/c1-5(2,3)4/h1H3. The number of rotatable bonds is 0. The minimum atomic E-state index is -0.729. The monoisotopic (exact) mass is 284 g/mol. The van der Waals surface area contributed by atoms with Gasteiger partial charge in [-0.3, -0.25) is 0 Å². The van der Waals surface area contributed by atoms with Crippen LogP contribution in [-0.4, -0.2) is 6.26 Å². The highest BCUT2D eigenvalue weighted by atomic mass is 80.0. The topological polar surface area (TPSA) is 0 Å². The lowest BCUT2D eigenvalue weighted by Gasteiger charge is -2.04. The van der Waals surface area contributed by atoms with E-state index in [0.29, 0.717) is 0 Å². The van der Waals surface area contributed by atoms with Gasteiger partial charge >= 0.3 is 0 Å². The molecule has 0 heterocycles. The predicted octanol–water partition coefficient (Wildman–Crippen LogP) is 3.35. The van der Waals surface area contributed by atoms with Gasteiger partial charge in [-0.05, 0) is 50.7 Å². The smallest absolute Gasteiger partial charge is 0.00625 e. The van der Waals surface area contributed by atoms with Crippen LogP contribution in [0.15, 0.2) is 0 Å². The van der Waals surface area contributed by atoms with Crippen LogP contribution in [-0.2, 0) is 0 Å². The Hall–Kier alpha value is 1.79. The van der Waals surface area contributed by atoms with Crippen LogP contribution in [0.4, 0.5) is 0 Å². The molecule has 0 aliphatic rings. The first-order valence-electron chi connectivity index (χ1n) is 0.871. The van der Waals surface area contributed by atoms with Gasteiger partial charge in [0.15, 0.2) is 0 Å². The third kappa shape index (κ3) is 26.0. The molecule has 0 rings (SSSR count). The van der Waals surface area contributed by atoms with E-state index in [4.69, 9.17) is 0 Å². The zero-order valence-electron chi connectivity index (χ0n) is 2.54. The Balaban J connectivity index is 3.02. The Morgan fingerprint density at radius 2 is 1.20 bits per heavy atom. The molecule has 0 aliphatic heterocycles. The first-order valence-corrected chi connectivity index (χ1v) is 8.44. The second-order valence-corrected chi connectivity index (χ2v) is 21.4. The fourth-order valence-corrected chi connectivity index (χ4v) is 0. The summed E-state index contributed by atoms with van der Waals surface area (Å²) < 4.78 is 0. The van der Waals surface area contributed by atoms with Crippen molar-refractivity contribution in [3.8, 4) is 0 Å². The Kier molecular flexibility index (Phi) is 2.97. The van der Waals surface area contributed by atoms with Crippen molar-refractivity contribution in [1.29, 1.82) is 0 Å². The van der Waals surface area contributed by atoms with Gasteiger partial charge in [-0.25, -0.2) is 0 Å². The molecule has 0 aromatic carbocycles. The van der Waals surface area contributed by atoms with Gasteiger partial charge < -0.3 is 0 Å². The van der Waals surface area contributed by atoms with Gasteiger partial charge in [0.05, 0.1) is 0 Å². The van der Waals surface area contributed by atoms with E-state index in [1.54, 1.807) is 0 Å². The summed E-state index contributed by atoms with van der Waals surface area (Å²) in [5.74, 6) is 0. The number of hydrogen-bond acceptors (Lipinski definition) is 0. The van der Waals surface area contributed by atoms with Gasteiger partial charge in [0.25, 0.3) is 0 Å². The predicted molar refractivity (Wildman–Crippen MR) is 40.3 cm³/mol. The molecule has 0 radical (unpaired) electrons. The van der Waals surface area contributed by atoms with Crippen LogP contribution in [0.1, 0.15) is 0 Å². The molecule has 4 heteroatoms. The Labute approximate surface area is 55.6 Å². The largest absolute Gasteiger partial charge is 0.0684 e. The van der Waals surface area contributed by atoms with Crippen LogP contribution >= 0.6 is 49.8 Å². The summed E-state index contributed by atoms with van der Waals surface area (Å²) in [6, 6.07) is 0. The fraction of sp³-hybridized carbons (Fsp3) is 1.00. The fourth-order valence-electron chi connectivity index (χ4n) is 0. The molecule has 0 saturated heterocycles. The van der Waals surface area contributed by atoms with Crippen molar-refractivity contribution in [3.63, 3.8) is 0 Å². The number of halogens is 3. The molecule has 0 N–H and O–H groups in total. The second-order valence-electron chi connectivity index (χ2n) is 0.638. The zero-order valence-corrected chi connectivity index (χ0v) is 8.12. The minimum absolute atomic E-state index is 0.729. The Morgan fingerprint density at radius 1 is 1.20 bits per heavy atom. The van der Waals surface area contributed by atoms with E-state index in [2.05, 4.69) is 44.4 Å². The molecule has 34 valence electrons. The second kappa shape index (κ2) is 2.19. The van der Waals surface area contributed by atoms with E-state index in [1.807, 2.05) is 6.26 Å². The number of hydrogen-bond donors (Lipinski definition) is 0. The van der Waals surface area contributed by atoms with Crippen LogP contribution < -0.4 is 0 Å². The summed E-state index contributed by atoms with van der Waals surface area (Å²) in [6.45, 7) is 0. The highest BCUT2D eigenvalue weighted by Gasteiger charge is 1.96. The van der Waals surface area contributed by atoms with Crippen LogP contribution in [0.5, 0.6) is 0 Å². The maximum Gasteiger partial charge on any atom is -0.00625 e. The molecule has 0 aliphatic carbocycles. The summed E-state index contributed by atoms with van der Waals surface area (Å²) in [5.41, 5.74) is 0. The molecule has 0 unspecified atom stereocenters. The van der Waals surface area contributed by atoms with Crippen molar-refractivity contribution in [2.75, 3.05) is 6.26 Å². The molecule has 0 bridgehead atoms. The minimum Gasteiger partial charge on any atom is -0.0684 e. The molecule has 0 atom stereocenters. The van der Waals surface area contributed by atoms with Crippen molar-refractivity contribution in [2.45, 2.75) is 0 Å². The summed E-state index contributed by atoms with van der Waals surface area (Å²) in [7, 11) is 0. The summed E-state index contributed by atoms with van der Waals surface area (Å²) in [5, 5.41) is -0.729. The van der Waals surface area contributed by atoms with E-state index >= 15 is 0 Å². The van der Waals surface area contributed by atoms with Crippen LogP contribution in [0, 0.1) is 0 Å². The molecular weight excluding hydrogens is 284 g/mol. The third-order valence-electron chi connectivity index (χ3n) is 0. The van der Waals surface area contributed by atoms with Crippen LogP contribution in [0.3, 0.4) is 0 Å². The van der Waals surface area contributed by atoms with Crippen molar-refractivity contribution in [1.82, 2.24) is 0 Å². The molecule has 0 saturated carbocycles. The average molecular weight is 287 g/mol. The first kappa shape index (κ1) is 6.79. The molecule has 0 fully saturated rings. The van der Waals surface area contributed by atoms with E-state index in [0.717, 1.165) is 0 Å². The molecule has 0 amide bonds. The normalized spacial score (nSPS) is 15.2. The van der Waals surface area contributed by atoms with E-state index in [9.17, 15) is 0 Å². The van der Waals surface area contributed by atoms with Crippen LogP contribution in [0.2, 0.25) is 0 Å². The van der Waals surface area contributed by atoms with E-state index in [1.165, 1.54) is 0 Å². The van der Waals surface area contributed by atoms with Gasteiger partial charge in [0, 0.05) is 0 Å². The van der Waals surface area contributed by atoms with Crippen LogP contribution in [0.25, 0.3) is 0 Å². The van der Waals surface area contributed by atoms with Crippen molar-refractivity contribution in [3.05, 3.63) is 0 Å². The van der Waals surface area contributed by atoms with Gasteiger partial charge in [0.1, 0.15) is 0 Å². The lowest BCUT2D eigenvalue weighted by Crippen LogP contribution is -1.45. The zero-order chi connectivity index (χ0) is 4.50. The van der Waals surface area contributed by atoms with Crippen molar-refractivity contribution >= 4 is 49.8 Å². The van der Waals surface area contributed by atoms with Gasteiger partial charge in [-0.15, -0.1) is 0 Å². The molecule has 5 heavy (non-hydrogen) atoms. The molecular formula is CH3Br3S. The molecule has 0 spiro atoms. The molecule has 0 nitrogen and oxygen atoms in total. The average Bonchev–Trinajstić information content (AvgIpc) is 0.722. The highest BCUT2D eigenvalue weighted by Crippen LogP contribution is 2.66. The summed E-state index contributed by atoms with van der Waals surface area (Å²) >= 11 is 9.88. The lowest BCUT2D eigenvalue weighted by atomic mass is 12.0. The lowest BCUT2D eigenvalue weighted by molar-refractivity contribution is 2.54. The van der Waals surface area contributed by atoms with Gasteiger partial charge in [-0.2, -0.15) is 0 Å².